The van der Waals surface area contributed by atoms with Gasteiger partial charge in [0.25, 0.3) is 0 Å². The highest BCUT2D eigenvalue weighted by atomic mass is 15.2. The van der Waals surface area contributed by atoms with Gasteiger partial charge in [-0.2, -0.15) is 0 Å². The van der Waals surface area contributed by atoms with Crippen LogP contribution in [0.2, 0.25) is 0 Å². The SMILES string of the molecule is CCCCCCCN(CCN(C)C)c1ccccn1. The number of pyridine rings is 1. The molecule has 1 aromatic rings. The van der Waals surface area contributed by atoms with Crippen LogP contribution in [-0.4, -0.2) is 43.6 Å². The largest absolute Gasteiger partial charge is 0.355 e. The first-order valence-corrected chi connectivity index (χ1v) is 7.54. The zero-order valence-corrected chi connectivity index (χ0v) is 12.8. The molecule has 3 nitrogen and oxygen atoms in total. The first-order valence-electron chi connectivity index (χ1n) is 7.54. The van der Waals surface area contributed by atoms with Crippen molar-refractivity contribution in [2.24, 2.45) is 0 Å². The lowest BCUT2D eigenvalue weighted by Gasteiger charge is -2.25. The molecule has 0 bridgehead atoms. The fourth-order valence-corrected chi connectivity index (χ4v) is 2.11. The fraction of sp³-hybridized carbons (Fsp3) is 0.688. The van der Waals surface area contributed by atoms with Crippen molar-refractivity contribution < 1.29 is 0 Å². The molecule has 0 amide bonds. The summed E-state index contributed by atoms with van der Waals surface area (Å²) in [6.45, 7) is 5.51. The van der Waals surface area contributed by atoms with Crippen LogP contribution in [0, 0.1) is 0 Å². The van der Waals surface area contributed by atoms with Crippen LogP contribution in [0.25, 0.3) is 0 Å². The molecular formula is C16H29N3. The number of aromatic nitrogens is 1. The summed E-state index contributed by atoms with van der Waals surface area (Å²) >= 11 is 0. The van der Waals surface area contributed by atoms with E-state index in [2.05, 4.69) is 47.9 Å². The summed E-state index contributed by atoms with van der Waals surface area (Å²) in [7, 11) is 4.25. The average Bonchev–Trinajstić information content (AvgIpc) is 2.42. The van der Waals surface area contributed by atoms with Crippen molar-refractivity contribution in [3.8, 4) is 0 Å². The summed E-state index contributed by atoms with van der Waals surface area (Å²) in [5, 5.41) is 0. The second kappa shape index (κ2) is 9.79. The van der Waals surface area contributed by atoms with E-state index in [0.29, 0.717) is 0 Å². The van der Waals surface area contributed by atoms with Gasteiger partial charge in [0, 0.05) is 25.8 Å². The molecule has 0 aliphatic heterocycles. The van der Waals surface area contributed by atoms with Crippen LogP contribution in [0.4, 0.5) is 5.82 Å². The molecule has 1 aromatic heterocycles. The monoisotopic (exact) mass is 263 g/mol. The number of rotatable bonds is 10. The molecule has 0 aromatic carbocycles. The summed E-state index contributed by atoms with van der Waals surface area (Å²) in [5.74, 6) is 1.11. The minimum Gasteiger partial charge on any atom is -0.355 e. The molecule has 3 heteroatoms. The van der Waals surface area contributed by atoms with E-state index in [4.69, 9.17) is 0 Å². The summed E-state index contributed by atoms with van der Waals surface area (Å²) in [6, 6.07) is 6.17. The van der Waals surface area contributed by atoms with E-state index in [0.717, 1.165) is 25.5 Å². The zero-order chi connectivity index (χ0) is 13.9. The Balaban J connectivity index is 2.41. The molecule has 1 heterocycles. The quantitative estimate of drug-likeness (QED) is 0.603. The predicted molar refractivity (Wildman–Crippen MR) is 83.8 cm³/mol. The molecular weight excluding hydrogens is 234 g/mol. The van der Waals surface area contributed by atoms with E-state index in [-0.39, 0.29) is 0 Å². The highest BCUT2D eigenvalue weighted by molar-refractivity contribution is 5.37. The van der Waals surface area contributed by atoms with Gasteiger partial charge in [-0.15, -0.1) is 0 Å². The first kappa shape index (κ1) is 16.0. The van der Waals surface area contributed by atoms with E-state index < -0.39 is 0 Å². The molecule has 1 rings (SSSR count). The lowest BCUT2D eigenvalue weighted by molar-refractivity contribution is 0.411. The summed E-state index contributed by atoms with van der Waals surface area (Å²) in [4.78, 5) is 9.12. The minimum absolute atomic E-state index is 1.05. The molecule has 0 spiro atoms. The Hall–Kier alpha value is -1.09. The van der Waals surface area contributed by atoms with Gasteiger partial charge >= 0.3 is 0 Å². The predicted octanol–water partition coefficient (Wildman–Crippen LogP) is 3.42. The Kier molecular flexibility index (Phi) is 8.23. The lowest BCUT2D eigenvalue weighted by atomic mass is 10.1. The standard InChI is InChI=1S/C16H29N3/c1-4-5-6-7-10-13-19(15-14-18(2)3)16-11-8-9-12-17-16/h8-9,11-12H,4-7,10,13-15H2,1-3H3. The van der Waals surface area contributed by atoms with E-state index >= 15 is 0 Å². The third-order valence-corrected chi connectivity index (χ3v) is 3.32. The first-order chi connectivity index (χ1) is 9.24. The van der Waals surface area contributed by atoms with Gasteiger partial charge in [0.2, 0.25) is 0 Å². The summed E-state index contributed by atoms with van der Waals surface area (Å²) < 4.78 is 0. The second-order valence-electron chi connectivity index (χ2n) is 5.39. The van der Waals surface area contributed by atoms with Crippen LogP contribution < -0.4 is 4.90 Å². The third kappa shape index (κ3) is 7.16. The van der Waals surface area contributed by atoms with Gasteiger partial charge < -0.3 is 9.80 Å². The second-order valence-corrected chi connectivity index (χ2v) is 5.39. The molecule has 0 aliphatic rings. The summed E-state index contributed by atoms with van der Waals surface area (Å²) in [5.41, 5.74) is 0. The maximum atomic E-state index is 4.48. The molecule has 0 unspecified atom stereocenters. The van der Waals surface area contributed by atoms with Crippen LogP contribution in [0.15, 0.2) is 24.4 Å². The van der Waals surface area contributed by atoms with Crippen LogP contribution in [0.1, 0.15) is 39.0 Å². The molecule has 0 saturated carbocycles. The highest BCUT2D eigenvalue weighted by Crippen LogP contribution is 2.11. The molecule has 0 fully saturated rings. The van der Waals surface area contributed by atoms with Crippen LogP contribution in [0.5, 0.6) is 0 Å². The van der Waals surface area contributed by atoms with E-state index in [1.807, 2.05) is 12.3 Å². The van der Waals surface area contributed by atoms with Gasteiger partial charge in [-0.1, -0.05) is 38.7 Å². The number of anilines is 1. The number of unbranched alkanes of at least 4 members (excludes halogenated alkanes) is 4. The van der Waals surface area contributed by atoms with Gasteiger partial charge in [-0.05, 0) is 32.6 Å². The number of nitrogens with zero attached hydrogens (tertiary/aromatic N) is 3. The fourth-order valence-electron chi connectivity index (χ4n) is 2.11. The maximum Gasteiger partial charge on any atom is 0.128 e. The lowest BCUT2D eigenvalue weighted by Crippen LogP contribution is -2.33. The summed E-state index contributed by atoms with van der Waals surface area (Å²) in [6.07, 6.45) is 8.52. The maximum absolute atomic E-state index is 4.48. The van der Waals surface area contributed by atoms with Crippen molar-refractivity contribution >= 4 is 5.82 Å². The topological polar surface area (TPSA) is 19.4 Å². The number of likely N-dealkylation sites (N-methyl/N-ethyl adjacent to an activating group) is 1. The molecule has 0 radical (unpaired) electrons. The van der Waals surface area contributed by atoms with E-state index in [1.54, 1.807) is 0 Å². The van der Waals surface area contributed by atoms with Gasteiger partial charge in [0.1, 0.15) is 5.82 Å². The van der Waals surface area contributed by atoms with Crippen molar-refractivity contribution in [3.63, 3.8) is 0 Å². The zero-order valence-electron chi connectivity index (χ0n) is 12.8. The van der Waals surface area contributed by atoms with Crippen molar-refractivity contribution in [1.82, 2.24) is 9.88 Å². The van der Waals surface area contributed by atoms with Gasteiger partial charge in [0.05, 0.1) is 0 Å². The number of hydrogen-bond donors (Lipinski definition) is 0. The average molecular weight is 263 g/mol. The smallest absolute Gasteiger partial charge is 0.128 e. The minimum atomic E-state index is 1.05. The van der Waals surface area contributed by atoms with Crippen molar-refractivity contribution in [2.45, 2.75) is 39.0 Å². The Morgan fingerprint density at radius 3 is 2.37 bits per heavy atom. The van der Waals surface area contributed by atoms with Gasteiger partial charge in [-0.25, -0.2) is 4.98 Å². The van der Waals surface area contributed by atoms with Crippen LogP contribution in [0.3, 0.4) is 0 Å². The van der Waals surface area contributed by atoms with E-state index in [1.165, 1.54) is 32.1 Å². The Morgan fingerprint density at radius 1 is 0.947 bits per heavy atom. The van der Waals surface area contributed by atoms with Gasteiger partial charge in [-0.3, -0.25) is 0 Å². The molecule has 0 N–H and O–H groups in total. The Labute approximate surface area is 118 Å². The molecule has 19 heavy (non-hydrogen) atoms. The molecule has 0 aliphatic carbocycles. The highest BCUT2D eigenvalue weighted by Gasteiger charge is 2.07. The molecule has 0 atom stereocenters. The van der Waals surface area contributed by atoms with Crippen LogP contribution >= 0.6 is 0 Å². The van der Waals surface area contributed by atoms with Crippen molar-refractivity contribution in [2.75, 3.05) is 38.6 Å². The number of hydrogen-bond acceptors (Lipinski definition) is 3. The van der Waals surface area contributed by atoms with Crippen molar-refractivity contribution in [3.05, 3.63) is 24.4 Å². The Bertz CT molecular complexity index is 311. The third-order valence-electron chi connectivity index (χ3n) is 3.32. The molecule has 0 saturated heterocycles. The van der Waals surface area contributed by atoms with E-state index in [9.17, 15) is 0 Å². The normalized spacial score (nSPS) is 10.9. The van der Waals surface area contributed by atoms with Crippen LogP contribution in [-0.2, 0) is 0 Å². The van der Waals surface area contributed by atoms with Crippen molar-refractivity contribution in [1.29, 1.82) is 0 Å². The molecule has 108 valence electrons. The van der Waals surface area contributed by atoms with Gasteiger partial charge in [0.15, 0.2) is 0 Å². The Morgan fingerprint density at radius 2 is 1.74 bits per heavy atom.